The van der Waals surface area contributed by atoms with E-state index in [1.807, 2.05) is 13.8 Å². The predicted molar refractivity (Wildman–Crippen MR) is 127 cm³/mol. The van der Waals surface area contributed by atoms with Crippen LogP contribution in [0.2, 0.25) is 0 Å². The van der Waals surface area contributed by atoms with Gasteiger partial charge in [0.1, 0.15) is 6.04 Å². The summed E-state index contributed by atoms with van der Waals surface area (Å²) in [4.78, 5) is 63.8. The van der Waals surface area contributed by atoms with Crippen molar-refractivity contribution in [3.8, 4) is 0 Å². The zero-order valence-electron chi connectivity index (χ0n) is 18.6. The standard InChI is InChI=1S/C23H24Br2N2O7/c1-10(2)6-15(23(31)34-9-16(28)11-4-3-5-12(7-11)27(32)33)26-21(29)17-13-8-14(18(17)22(26)30)20(25)19(13)24/h3-5,7,10,13-15,17-20H,6,8-9H2,1-2H3/t13-,14-,15-,17-,18+,19-,20+/m0/s1. The molecule has 34 heavy (non-hydrogen) atoms. The Hall–Kier alpha value is -2.14. The number of benzene rings is 1. The highest BCUT2D eigenvalue weighted by atomic mass is 79.9. The second kappa shape index (κ2) is 9.49. The van der Waals surface area contributed by atoms with Crippen LogP contribution < -0.4 is 0 Å². The van der Waals surface area contributed by atoms with Gasteiger partial charge in [-0.25, -0.2) is 4.79 Å². The van der Waals surface area contributed by atoms with Crippen molar-refractivity contribution in [2.75, 3.05) is 6.61 Å². The lowest BCUT2D eigenvalue weighted by atomic mass is 9.81. The van der Waals surface area contributed by atoms with Crippen molar-refractivity contribution in [3.63, 3.8) is 0 Å². The summed E-state index contributed by atoms with van der Waals surface area (Å²) in [6, 6.07) is 4.01. The first-order chi connectivity index (χ1) is 16.0. The molecule has 182 valence electrons. The molecule has 7 atom stereocenters. The highest BCUT2D eigenvalue weighted by molar-refractivity contribution is 9.12. The number of ketones is 1. The smallest absolute Gasteiger partial charge is 0.329 e. The Morgan fingerprint density at radius 1 is 1.15 bits per heavy atom. The summed E-state index contributed by atoms with van der Waals surface area (Å²) >= 11 is 7.30. The largest absolute Gasteiger partial charge is 0.456 e. The first-order valence-corrected chi connectivity index (χ1v) is 12.9. The maximum absolute atomic E-state index is 13.4. The molecule has 1 heterocycles. The van der Waals surface area contributed by atoms with Gasteiger partial charge in [0.25, 0.3) is 5.69 Å². The van der Waals surface area contributed by atoms with Gasteiger partial charge in [-0.2, -0.15) is 0 Å². The summed E-state index contributed by atoms with van der Waals surface area (Å²) in [6.45, 7) is 3.09. The maximum atomic E-state index is 13.4. The predicted octanol–water partition coefficient (Wildman–Crippen LogP) is 3.51. The molecule has 0 N–H and O–H groups in total. The molecular weight excluding hydrogens is 576 g/mol. The first kappa shape index (κ1) is 25.0. The van der Waals surface area contributed by atoms with E-state index in [1.54, 1.807) is 0 Å². The van der Waals surface area contributed by atoms with E-state index in [2.05, 4.69) is 31.9 Å². The van der Waals surface area contributed by atoms with Crippen LogP contribution in [0, 0.1) is 39.7 Å². The lowest BCUT2D eigenvalue weighted by Crippen LogP contribution is -2.48. The molecule has 2 bridgehead atoms. The minimum atomic E-state index is -1.12. The van der Waals surface area contributed by atoms with E-state index >= 15 is 0 Å². The van der Waals surface area contributed by atoms with E-state index in [1.165, 1.54) is 18.2 Å². The third-order valence-electron chi connectivity index (χ3n) is 7.02. The number of hydrogen-bond donors (Lipinski definition) is 0. The van der Waals surface area contributed by atoms with Crippen molar-refractivity contribution in [2.45, 2.75) is 42.4 Å². The number of amides is 2. The number of fused-ring (bicyclic) bond motifs is 5. The fourth-order valence-corrected chi connectivity index (χ4v) is 7.42. The molecule has 1 aromatic rings. The number of hydrogen-bond acceptors (Lipinski definition) is 7. The van der Waals surface area contributed by atoms with E-state index in [0.717, 1.165) is 17.4 Å². The van der Waals surface area contributed by atoms with Crippen molar-refractivity contribution in [2.24, 2.45) is 29.6 Å². The van der Waals surface area contributed by atoms with E-state index in [-0.39, 0.29) is 56.9 Å². The Kier molecular flexibility index (Phi) is 6.97. The number of nitro benzene ring substituents is 1. The lowest BCUT2D eigenvalue weighted by Gasteiger charge is -2.28. The molecule has 4 rings (SSSR count). The SMILES string of the molecule is CC(C)C[C@@H](C(=O)OCC(=O)c1cccc([N+](=O)[O-])c1)N1C(=O)[C@@H]2[C@@H]3C[C@H]([C@H](Br)[C@@H]3Br)[C@@H]2C1=O. The summed E-state index contributed by atoms with van der Waals surface area (Å²) in [7, 11) is 0. The van der Waals surface area contributed by atoms with Crippen LogP contribution in [0.25, 0.3) is 0 Å². The second-order valence-corrected chi connectivity index (χ2v) is 11.6. The molecule has 0 unspecified atom stereocenters. The number of non-ortho nitro benzene ring substituents is 1. The van der Waals surface area contributed by atoms with Crippen LogP contribution in [0.5, 0.6) is 0 Å². The Morgan fingerprint density at radius 3 is 2.26 bits per heavy atom. The number of imide groups is 1. The van der Waals surface area contributed by atoms with Gasteiger partial charge in [-0.3, -0.25) is 29.4 Å². The fourth-order valence-electron chi connectivity index (χ4n) is 5.54. The summed E-state index contributed by atoms with van der Waals surface area (Å²) < 4.78 is 5.24. The number of Topliss-reactive ketones (excluding diaryl/α,β-unsaturated/α-hetero) is 1. The van der Waals surface area contributed by atoms with Gasteiger partial charge in [-0.05, 0) is 30.6 Å². The minimum Gasteiger partial charge on any atom is -0.456 e. The zero-order chi connectivity index (χ0) is 24.9. The number of nitro groups is 1. The molecule has 3 aliphatic rings. The Bertz CT molecular complexity index is 1030. The molecule has 1 aliphatic heterocycles. The molecule has 0 aromatic heterocycles. The summed E-state index contributed by atoms with van der Waals surface area (Å²) in [5.74, 6) is -3.02. The van der Waals surface area contributed by atoms with E-state index in [4.69, 9.17) is 4.74 Å². The van der Waals surface area contributed by atoms with Crippen molar-refractivity contribution in [3.05, 3.63) is 39.9 Å². The molecule has 0 radical (unpaired) electrons. The summed E-state index contributed by atoms with van der Waals surface area (Å²) in [5, 5.41) is 10.9. The summed E-state index contributed by atoms with van der Waals surface area (Å²) in [6.07, 6.45) is 0.995. The first-order valence-electron chi connectivity index (χ1n) is 11.1. The second-order valence-electron chi connectivity index (χ2n) is 9.53. The van der Waals surface area contributed by atoms with Crippen LogP contribution in [0.4, 0.5) is 5.69 Å². The van der Waals surface area contributed by atoms with Gasteiger partial charge in [-0.1, -0.05) is 57.8 Å². The number of carbonyl (C=O) groups excluding carboxylic acids is 4. The summed E-state index contributed by atoms with van der Waals surface area (Å²) in [5.41, 5.74) is -0.215. The quantitative estimate of drug-likeness (QED) is 0.112. The number of carbonyl (C=O) groups is 4. The molecule has 2 amide bonds. The van der Waals surface area contributed by atoms with Crippen LogP contribution in [0.15, 0.2) is 24.3 Å². The topological polar surface area (TPSA) is 124 Å². The minimum absolute atomic E-state index is 0.0179. The normalized spacial score (nSPS) is 30.6. The van der Waals surface area contributed by atoms with Crippen LogP contribution >= 0.6 is 31.9 Å². The van der Waals surface area contributed by atoms with Crippen molar-refractivity contribution >= 4 is 61.1 Å². The number of alkyl halides is 2. The number of esters is 1. The van der Waals surface area contributed by atoms with Crippen molar-refractivity contribution in [1.29, 1.82) is 0 Å². The molecule has 1 aromatic carbocycles. The number of ether oxygens (including phenoxy) is 1. The Morgan fingerprint density at radius 2 is 1.74 bits per heavy atom. The van der Waals surface area contributed by atoms with Gasteiger partial charge in [0.15, 0.2) is 6.61 Å². The Labute approximate surface area is 213 Å². The number of rotatable bonds is 8. The van der Waals surface area contributed by atoms with Gasteiger partial charge in [0, 0.05) is 27.4 Å². The van der Waals surface area contributed by atoms with Crippen LogP contribution in [0.3, 0.4) is 0 Å². The molecule has 0 spiro atoms. The molecule has 1 saturated heterocycles. The van der Waals surface area contributed by atoms with Crippen LogP contribution in [0.1, 0.15) is 37.0 Å². The van der Waals surface area contributed by atoms with Crippen LogP contribution in [-0.4, -0.2) is 55.7 Å². The van der Waals surface area contributed by atoms with Crippen molar-refractivity contribution < 1.29 is 28.8 Å². The van der Waals surface area contributed by atoms with Gasteiger partial charge >= 0.3 is 5.97 Å². The fraction of sp³-hybridized carbons (Fsp3) is 0.565. The number of nitrogens with zero attached hydrogens (tertiary/aromatic N) is 2. The van der Waals surface area contributed by atoms with Gasteiger partial charge in [-0.15, -0.1) is 0 Å². The van der Waals surface area contributed by atoms with Gasteiger partial charge in [0.2, 0.25) is 17.6 Å². The highest BCUT2D eigenvalue weighted by Gasteiger charge is 2.67. The third-order valence-corrected chi connectivity index (χ3v) is 10.2. The molecule has 11 heteroatoms. The van der Waals surface area contributed by atoms with Crippen LogP contribution in [-0.2, 0) is 19.1 Å². The van der Waals surface area contributed by atoms with E-state index in [9.17, 15) is 29.3 Å². The third kappa shape index (κ3) is 4.21. The molecule has 2 saturated carbocycles. The highest BCUT2D eigenvalue weighted by Crippen LogP contribution is 2.60. The monoisotopic (exact) mass is 598 g/mol. The average Bonchev–Trinajstić information content (AvgIpc) is 3.40. The molecular formula is C23H24Br2N2O7. The molecule has 3 fully saturated rings. The van der Waals surface area contributed by atoms with Gasteiger partial charge in [0.05, 0.1) is 16.8 Å². The van der Waals surface area contributed by atoms with E-state index < -0.39 is 41.2 Å². The number of halogens is 2. The van der Waals surface area contributed by atoms with E-state index in [0.29, 0.717) is 0 Å². The van der Waals surface area contributed by atoms with Crippen molar-refractivity contribution in [1.82, 2.24) is 4.90 Å². The van der Waals surface area contributed by atoms with Gasteiger partial charge < -0.3 is 4.74 Å². The average molecular weight is 600 g/mol. The molecule has 9 nitrogen and oxygen atoms in total. The maximum Gasteiger partial charge on any atom is 0.329 e. The Balaban J connectivity index is 1.50. The lowest BCUT2D eigenvalue weighted by molar-refractivity contribution is -0.384. The zero-order valence-corrected chi connectivity index (χ0v) is 21.7. The number of likely N-dealkylation sites (tertiary alicyclic amines) is 1. The molecule has 2 aliphatic carbocycles.